The van der Waals surface area contributed by atoms with Crippen LogP contribution in [0.2, 0.25) is 0 Å². The maximum absolute atomic E-state index is 11.1. The number of ether oxygens (including phenoxy) is 2. The number of benzene rings is 2. The predicted molar refractivity (Wildman–Crippen MR) is 151 cm³/mol. The van der Waals surface area contributed by atoms with Crippen LogP contribution in [0.1, 0.15) is 28.8 Å². The number of pyridine rings is 1. The van der Waals surface area contributed by atoms with Crippen molar-refractivity contribution in [2.24, 2.45) is 0 Å². The van der Waals surface area contributed by atoms with Crippen LogP contribution >= 0.6 is 0 Å². The first-order valence-corrected chi connectivity index (χ1v) is 12.8. The normalized spacial score (nSPS) is 15.7. The zero-order valence-electron chi connectivity index (χ0n) is 22.0. The Bertz CT molecular complexity index is 1780. The molecule has 6 rings (SSSR count). The molecule has 1 aliphatic carbocycles. The molecule has 0 saturated carbocycles. The van der Waals surface area contributed by atoms with Gasteiger partial charge < -0.3 is 19.9 Å². The second-order valence-electron chi connectivity index (χ2n) is 9.38. The summed E-state index contributed by atoms with van der Waals surface area (Å²) in [4.78, 5) is 22.5. The number of rotatable bonds is 6. The van der Waals surface area contributed by atoms with E-state index >= 15 is 0 Å². The van der Waals surface area contributed by atoms with Gasteiger partial charge in [0, 0.05) is 35.5 Å². The first kappa shape index (κ1) is 25.2. The van der Waals surface area contributed by atoms with Crippen molar-refractivity contribution in [1.29, 1.82) is 0 Å². The molecule has 0 amide bonds. The molecular formula is C31H26N6O3. The molecule has 3 aromatic heterocycles. The van der Waals surface area contributed by atoms with Gasteiger partial charge in [0.1, 0.15) is 28.9 Å². The lowest BCUT2D eigenvalue weighted by atomic mass is 10.0. The van der Waals surface area contributed by atoms with Crippen LogP contribution in [0.3, 0.4) is 0 Å². The van der Waals surface area contributed by atoms with Crippen LogP contribution in [-0.2, 0) is 18.6 Å². The minimum absolute atomic E-state index is 0.463. The molecule has 0 spiro atoms. The van der Waals surface area contributed by atoms with Crippen LogP contribution < -0.4 is 14.8 Å². The highest BCUT2D eigenvalue weighted by Gasteiger charge is 2.36. The van der Waals surface area contributed by atoms with E-state index in [4.69, 9.17) is 14.5 Å². The van der Waals surface area contributed by atoms with Crippen LogP contribution in [0.4, 0.5) is 5.82 Å². The van der Waals surface area contributed by atoms with Crippen LogP contribution in [0.25, 0.3) is 22.4 Å². The summed E-state index contributed by atoms with van der Waals surface area (Å²) in [5.74, 6) is 8.71. The predicted octanol–water partition coefficient (Wildman–Crippen LogP) is 4.30. The number of hydrogen-bond acceptors (Lipinski definition) is 9. The fraction of sp³-hybridized carbons (Fsp3) is 0.194. The molecule has 1 aliphatic rings. The number of aromatic nitrogens is 5. The standard InChI is InChI=1S/C31H26N6O3/c1-39-24-9-8-23(26(16-24)40-2)17-33-30-27-25(35-19-36-30)18-34-29(37-27)22-6-3-5-20(15-22)10-12-31(38)13-11-21-7-4-14-32-28(21)31/h3-9,14-16,18-19,38H,11,13,17H2,1-2H3,(H,33,35,36). The Balaban J connectivity index is 1.28. The van der Waals surface area contributed by atoms with E-state index in [0.717, 1.165) is 34.4 Å². The number of hydrogen-bond donors (Lipinski definition) is 2. The van der Waals surface area contributed by atoms with Gasteiger partial charge in [0.2, 0.25) is 0 Å². The first-order valence-electron chi connectivity index (χ1n) is 12.8. The zero-order chi connectivity index (χ0) is 27.5. The third-order valence-electron chi connectivity index (χ3n) is 6.89. The van der Waals surface area contributed by atoms with Gasteiger partial charge in [-0.15, -0.1) is 0 Å². The maximum atomic E-state index is 11.1. The fourth-order valence-electron chi connectivity index (χ4n) is 4.78. The van der Waals surface area contributed by atoms with Gasteiger partial charge in [0.25, 0.3) is 0 Å². The lowest BCUT2D eigenvalue weighted by Crippen LogP contribution is -2.20. The average Bonchev–Trinajstić information content (AvgIpc) is 3.35. The molecule has 40 heavy (non-hydrogen) atoms. The smallest absolute Gasteiger partial charge is 0.168 e. The molecule has 1 unspecified atom stereocenters. The molecular weight excluding hydrogens is 504 g/mol. The van der Waals surface area contributed by atoms with Crippen LogP contribution in [-0.4, -0.2) is 44.2 Å². The highest BCUT2D eigenvalue weighted by Crippen LogP contribution is 2.34. The largest absolute Gasteiger partial charge is 0.497 e. The minimum atomic E-state index is -1.25. The van der Waals surface area contributed by atoms with E-state index in [2.05, 4.69) is 37.1 Å². The van der Waals surface area contributed by atoms with E-state index in [1.807, 2.05) is 54.6 Å². The number of fused-ring (bicyclic) bond motifs is 2. The average molecular weight is 531 g/mol. The quantitative estimate of drug-likeness (QED) is 0.310. The Morgan fingerprint density at radius 1 is 1.00 bits per heavy atom. The topological polar surface area (TPSA) is 115 Å². The second kappa shape index (κ2) is 10.6. The number of nitrogens with zero attached hydrogens (tertiary/aromatic N) is 5. The summed E-state index contributed by atoms with van der Waals surface area (Å²) < 4.78 is 10.8. The molecule has 0 fully saturated rings. The molecule has 2 aromatic carbocycles. The fourth-order valence-corrected chi connectivity index (χ4v) is 4.78. The molecule has 2 N–H and O–H groups in total. The van der Waals surface area contributed by atoms with E-state index in [-0.39, 0.29) is 0 Å². The maximum Gasteiger partial charge on any atom is 0.168 e. The molecule has 9 heteroatoms. The molecule has 0 radical (unpaired) electrons. The molecule has 0 aliphatic heterocycles. The lowest BCUT2D eigenvalue weighted by Gasteiger charge is -2.15. The Labute approximate surface area is 231 Å². The van der Waals surface area contributed by atoms with E-state index in [9.17, 15) is 5.11 Å². The highest BCUT2D eigenvalue weighted by molar-refractivity contribution is 5.85. The molecule has 0 saturated heterocycles. The van der Waals surface area contributed by atoms with Crippen molar-refractivity contribution in [2.75, 3.05) is 19.5 Å². The highest BCUT2D eigenvalue weighted by atomic mass is 16.5. The van der Waals surface area contributed by atoms with Crippen molar-refractivity contribution < 1.29 is 14.6 Å². The summed E-state index contributed by atoms with van der Waals surface area (Å²) in [6, 6.07) is 17.2. The Hall–Kier alpha value is -5.07. The van der Waals surface area contributed by atoms with Gasteiger partial charge in [-0.25, -0.2) is 19.9 Å². The number of aliphatic hydroxyl groups is 1. The first-order chi connectivity index (χ1) is 19.6. The monoisotopic (exact) mass is 530 g/mol. The Morgan fingerprint density at radius 2 is 1.93 bits per heavy atom. The summed E-state index contributed by atoms with van der Waals surface area (Å²) in [6.45, 7) is 0.463. The van der Waals surface area contributed by atoms with Crippen molar-refractivity contribution in [1.82, 2.24) is 24.9 Å². The van der Waals surface area contributed by atoms with Crippen LogP contribution in [0, 0.1) is 11.8 Å². The number of methoxy groups -OCH3 is 2. The van der Waals surface area contributed by atoms with Crippen molar-refractivity contribution >= 4 is 16.9 Å². The van der Waals surface area contributed by atoms with Gasteiger partial charge in [0.15, 0.2) is 17.2 Å². The van der Waals surface area contributed by atoms with E-state index in [1.54, 1.807) is 26.6 Å². The number of anilines is 1. The van der Waals surface area contributed by atoms with Crippen molar-refractivity contribution in [3.05, 3.63) is 95.7 Å². The van der Waals surface area contributed by atoms with Crippen LogP contribution in [0.15, 0.2) is 73.3 Å². The molecule has 1 atom stereocenters. The number of nitrogens with one attached hydrogen (secondary N) is 1. The summed E-state index contributed by atoms with van der Waals surface area (Å²) >= 11 is 0. The number of aryl methyl sites for hydroxylation is 1. The van der Waals surface area contributed by atoms with Gasteiger partial charge in [-0.2, -0.15) is 0 Å². The summed E-state index contributed by atoms with van der Waals surface area (Å²) in [6.07, 6.45) is 6.13. The summed E-state index contributed by atoms with van der Waals surface area (Å²) in [5, 5.41) is 14.5. The van der Waals surface area contributed by atoms with E-state index in [1.165, 1.54) is 6.33 Å². The van der Waals surface area contributed by atoms with Gasteiger partial charge in [-0.3, -0.25) is 4.98 Å². The SMILES string of the molecule is COc1ccc(CNc2ncnc3cnc(-c4cccc(C#CC5(O)CCc6cccnc65)c4)nc23)c(OC)c1. The van der Waals surface area contributed by atoms with Gasteiger partial charge in [-0.1, -0.05) is 30.0 Å². The van der Waals surface area contributed by atoms with E-state index < -0.39 is 5.60 Å². The summed E-state index contributed by atoms with van der Waals surface area (Å²) in [5.41, 5.74) is 4.12. The van der Waals surface area contributed by atoms with Gasteiger partial charge in [-0.05, 0) is 48.7 Å². The third kappa shape index (κ3) is 4.88. The van der Waals surface area contributed by atoms with Crippen LogP contribution in [0.5, 0.6) is 11.5 Å². The second-order valence-corrected chi connectivity index (χ2v) is 9.38. The van der Waals surface area contributed by atoms with Gasteiger partial charge >= 0.3 is 0 Å². The molecule has 0 bridgehead atoms. The molecule has 5 aromatic rings. The summed E-state index contributed by atoms with van der Waals surface area (Å²) in [7, 11) is 3.24. The molecule has 3 heterocycles. The molecule has 198 valence electrons. The van der Waals surface area contributed by atoms with Gasteiger partial charge in [0.05, 0.1) is 26.1 Å². The van der Waals surface area contributed by atoms with Crippen molar-refractivity contribution in [3.63, 3.8) is 0 Å². The Morgan fingerprint density at radius 3 is 2.80 bits per heavy atom. The third-order valence-corrected chi connectivity index (χ3v) is 6.89. The lowest BCUT2D eigenvalue weighted by molar-refractivity contribution is 0.0982. The van der Waals surface area contributed by atoms with Crippen molar-refractivity contribution in [3.8, 4) is 34.7 Å². The van der Waals surface area contributed by atoms with Crippen molar-refractivity contribution in [2.45, 2.75) is 25.0 Å². The zero-order valence-corrected chi connectivity index (χ0v) is 22.0. The minimum Gasteiger partial charge on any atom is -0.497 e. The molecule has 9 nitrogen and oxygen atoms in total. The Kier molecular flexibility index (Phi) is 6.68. The van der Waals surface area contributed by atoms with E-state index in [0.29, 0.717) is 47.1 Å².